The summed E-state index contributed by atoms with van der Waals surface area (Å²) in [7, 11) is -2.30. The van der Waals surface area contributed by atoms with Crippen LogP contribution in [0.1, 0.15) is 18.9 Å². The topological polar surface area (TPSA) is 137 Å². The third kappa shape index (κ3) is 3.93. The molecule has 0 spiro atoms. The Morgan fingerprint density at radius 3 is 2.59 bits per heavy atom. The number of urea groups is 1. The lowest BCUT2D eigenvalue weighted by Crippen LogP contribution is -2.34. The first-order valence-electron chi connectivity index (χ1n) is 12.5. The van der Waals surface area contributed by atoms with E-state index >= 15 is 0 Å². The highest BCUT2D eigenvalue weighted by Gasteiger charge is 2.43. The van der Waals surface area contributed by atoms with Crippen molar-refractivity contribution in [3.8, 4) is 6.01 Å². The largest absolute Gasteiger partial charge is 0.466 e. The molecule has 1 aliphatic carbocycles. The molecule has 4 aromatic heterocycles. The Morgan fingerprint density at radius 2 is 1.87 bits per heavy atom. The Labute approximate surface area is 227 Å². The normalized spacial score (nSPS) is 21.1. The number of benzene rings is 1. The number of nitrogens with zero attached hydrogens (tertiary/aromatic N) is 7. The van der Waals surface area contributed by atoms with Gasteiger partial charge < -0.3 is 14.2 Å². The maximum Gasteiger partial charge on any atom is 0.329 e. The number of carbonyl (C=O) groups excluding carboxylic acids is 1. The molecule has 3 atom stereocenters. The van der Waals surface area contributed by atoms with E-state index in [0.29, 0.717) is 35.7 Å². The summed E-state index contributed by atoms with van der Waals surface area (Å²) in [5.74, 6) is 0.727. The number of likely N-dealkylation sites (tertiary alicyclic amines) is 1. The number of pyridine rings is 1. The zero-order valence-corrected chi connectivity index (χ0v) is 22.5. The van der Waals surface area contributed by atoms with Crippen LogP contribution < -0.4 is 10.1 Å². The van der Waals surface area contributed by atoms with Gasteiger partial charge in [-0.3, -0.25) is 5.32 Å². The molecule has 5 aromatic rings. The van der Waals surface area contributed by atoms with E-state index in [9.17, 15) is 13.2 Å². The van der Waals surface area contributed by atoms with Crippen molar-refractivity contribution in [3.63, 3.8) is 0 Å². The summed E-state index contributed by atoms with van der Waals surface area (Å²) in [6.07, 6.45) is 6.83. The zero-order chi connectivity index (χ0) is 26.7. The predicted molar refractivity (Wildman–Crippen MR) is 144 cm³/mol. The molecule has 2 fully saturated rings. The second-order valence-corrected chi connectivity index (χ2v) is 12.4. The summed E-state index contributed by atoms with van der Waals surface area (Å²) in [5.41, 5.74) is 1.98. The molecule has 1 aromatic carbocycles. The lowest BCUT2D eigenvalue weighted by Gasteiger charge is -2.20. The Bertz CT molecular complexity index is 1800. The molecule has 1 saturated heterocycles. The number of methoxy groups -OCH3 is 1. The molecule has 200 valence electrons. The summed E-state index contributed by atoms with van der Waals surface area (Å²) < 4.78 is 39.0. The van der Waals surface area contributed by atoms with Gasteiger partial charge in [0.15, 0.2) is 5.65 Å². The predicted octanol–water partition coefficient (Wildman–Crippen LogP) is 3.60. The minimum atomic E-state index is -3.79. The molecule has 12 nitrogen and oxygen atoms in total. The van der Waals surface area contributed by atoms with Crippen molar-refractivity contribution < 1.29 is 17.9 Å². The molecule has 7 rings (SSSR count). The van der Waals surface area contributed by atoms with Crippen molar-refractivity contribution in [2.24, 2.45) is 11.8 Å². The van der Waals surface area contributed by atoms with E-state index in [4.69, 9.17) is 4.74 Å². The fourth-order valence-electron chi connectivity index (χ4n) is 5.94. The first-order valence-corrected chi connectivity index (χ1v) is 14.7. The number of fused-ring (bicyclic) bond motifs is 4. The van der Waals surface area contributed by atoms with Crippen LogP contribution in [0.25, 0.3) is 22.1 Å². The highest BCUT2D eigenvalue weighted by molar-refractivity contribution is 7.90. The molecule has 1 saturated carbocycles. The SMILES string of the molecule is COc1nsc(NC(=O)N2CC3C[C@H](n4cnc5cnc6c(ccn6S(=O)(=O)c6ccccc6)c54)C[C@H]3C2)n1. The molecule has 14 heteroatoms. The van der Waals surface area contributed by atoms with Crippen molar-refractivity contribution in [1.29, 1.82) is 0 Å². The Hall–Kier alpha value is -4.04. The van der Waals surface area contributed by atoms with Gasteiger partial charge in [0, 0.05) is 42.2 Å². The number of carbonyl (C=O) groups is 1. The molecule has 5 heterocycles. The monoisotopic (exact) mass is 564 g/mol. The lowest BCUT2D eigenvalue weighted by molar-refractivity contribution is 0.217. The van der Waals surface area contributed by atoms with Crippen molar-refractivity contribution in [1.82, 2.24) is 32.8 Å². The third-order valence-corrected chi connectivity index (χ3v) is 10.0. The van der Waals surface area contributed by atoms with E-state index in [0.717, 1.165) is 40.8 Å². The highest BCUT2D eigenvalue weighted by atomic mass is 32.2. The van der Waals surface area contributed by atoms with Crippen molar-refractivity contribution >= 4 is 54.8 Å². The number of hydrogen-bond donors (Lipinski definition) is 1. The van der Waals surface area contributed by atoms with Gasteiger partial charge in [0.25, 0.3) is 10.0 Å². The van der Waals surface area contributed by atoms with Crippen LogP contribution in [0.3, 0.4) is 0 Å². The minimum Gasteiger partial charge on any atom is -0.466 e. The Morgan fingerprint density at radius 1 is 1.10 bits per heavy atom. The number of rotatable bonds is 5. The van der Waals surface area contributed by atoms with Gasteiger partial charge in [-0.1, -0.05) is 18.2 Å². The van der Waals surface area contributed by atoms with E-state index in [1.165, 1.54) is 11.1 Å². The van der Waals surface area contributed by atoms with Gasteiger partial charge in [-0.15, -0.1) is 4.37 Å². The zero-order valence-electron chi connectivity index (χ0n) is 20.8. The quantitative estimate of drug-likeness (QED) is 0.342. The fraction of sp³-hybridized carbons (Fsp3) is 0.320. The molecule has 39 heavy (non-hydrogen) atoms. The van der Waals surface area contributed by atoms with Gasteiger partial charge in [0.05, 0.1) is 30.0 Å². The molecule has 1 unspecified atom stereocenters. The number of nitrogens with one attached hydrogen (secondary N) is 1. The summed E-state index contributed by atoms with van der Waals surface area (Å²) in [5, 5.41) is 3.97. The molecule has 1 N–H and O–H groups in total. The first kappa shape index (κ1) is 24.0. The molecule has 2 aliphatic rings. The van der Waals surface area contributed by atoms with Crippen LogP contribution in [0.15, 0.2) is 60.0 Å². The van der Waals surface area contributed by atoms with Crippen LogP contribution in [0, 0.1) is 11.8 Å². The molecular formula is C25H24N8O4S2. The highest BCUT2D eigenvalue weighted by Crippen LogP contribution is 2.45. The number of aromatic nitrogens is 6. The molecular weight excluding hydrogens is 540 g/mol. The van der Waals surface area contributed by atoms with Crippen LogP contribution in [-0.4, -0.2) is 67.4 Å². The van der Waals surface area contributed by atoms with Gasteiger partial charge in [0.1, 0.15) is 5.52 Å². The van der Waals surface area contributed by atoms with E-state index < -0.39 is 10.0 Å². The maximum atomic E-state index is 13.3. The second kappa shape index (κ2) is 9.02. The molecule has 1 aliphatic heterocycles. The first-order chi connectivity index (χ1) is 18.9. The lowest BCUT2D eigenvalue weighted by atomic mass is 10.0. The van der Waals surface area contributed by atoms with Gasteiger partial charge in [-0.2, -0.15) is 4.98 Å². The summed E-state index contributed by atoms with van der Waals surface area (Å²) in [6, 6.07) is 10.4. The maximum absolute atomic E-state index is 13.3. The summed E-state index contributed by atoms with van der Waals surface area (Å²) in [6.45, 7) is 1.33. The van der Waals surface area contributed by atoms with Crippen LogP contribution in [0.5, 0.6) is 6.01 Å². The molecule has 0 bridgehead atoms. The standard InChI is InChI=1S/C25H24N8O4S2/c1-37-23-28-24(38-30-23)29-25(34)31-12-15-9-17(10-16(15)13-31)32-14-27-20-11-26-22-19(21(20)32)7-8-33(22)39(35,36)18-5-3-2-4-6-18/h2-8,11,14-17H,9-10,12-13H2,1H3,(H,28,29,30,34)/t15-,16?,17+/m0/s1. The number of hydrogen-bond acceptors (Lipinski definition) is 9. The average Bonchev–Trinajstić information content (AvgIpc) is 3.75. The van der Waals surface area contributed by atoms with Crippen LogP contribution in [-0.2, 0) is 10.0 Å². The Balaban J connectivity index is 1.13. The van der Waals surface area contributed by atoms with Crippen LogP contribution >= 0.6 is 11.5 Å². The number of anilines is 1. The summed E-state index contributed by atoms with van der Waals surface area (Å²) >= 11 is 1.09. The average molecular weight is 565 g/mol. The van der Waals surface area contributed by atoms with Crippen molar-refractivity contribution in [2.75, 3.05) is 25.5 Å². The van der Waals surface area contributed by atoms with E-state index in [1.54, 1.807) is 48.8 Å². The van der Waals surface area contributed by atoms with E-state index in [2.05, 4.69) is 29.2 Å². The molecule has 2 amide bonds. The smallest absolute Gasteiger partial charge is 0.329 e. The fourth-order valence-corrected chi connectivity index (χ4v) is 7.79. The van der Waals surface area contributed by atoms with Gasteiger partial charge in [0.2, 0.25) is 5.13 Å². The number of amides is 2. The van der Waals surface area contributed by atoms with Gasteiger partial charge in [-0.05, 0) is 42.9 Å². The number of ether oxygens (including phenoxy) is 1. The van der Waals surface area contributed by atoms with E-state index in [1.807, 2.05) is 11.2 Å². The third-order valence-electron chi connectivity index (χ3n) is 7.72. The van der Waals surface area contributed by atoms with Gasteiger partial charge in [-0.25, -0.2) is 27.2 Å². The van der Waals surface area contributed by atoms with Gasteiger partial charge >= 0.3 is 12.0 Å². The second-order valence-electron chi connectivity index (χ2n) is 9.88. The minimum absolute atomic E-state index is 0.179. The van der Waals surface area contributed by atoms with Crippen molar-refractivity contribution in [3.05, 3.63) is 55.1 Å². The number of imidazole rings is 1. The van der Waals surface area contributed by atoms with Crippen LogP contribution in [0.4, 0.5) is 9.93 Å². The van der Waals surface area contributed by atoms with Crippen molar-refractivity contribution in [2.45, 2.75) is 23.8 Å². The van der Waals surface area contributed by atoms with E-state index in [-0.39, 0.29) is 23.0 Å². The molecule has 0 radical (unpaired) electrons. The summed E-state index contributed by atoms with van der Waals surface area (Å²) in [4.78, 5) is 28.0. The Kier molecular flexibility index (Phi) is 5.56. The van der Waals surface area contributed by atoms with Crippen LogP contribution in [0.2, 0.25) is 0 Å².